The van der Waals surface area contributed by atoms with Crippen LogP contribution < -0.4 is 5.32 Å². The van der Waals surface area contributed by atoms with Gasteiger partial charge in [0.05, 0.1) is 4.92 Å². The lowest BCUT2D eigenvalue weighted by atomic mass is 10.1. The van der Waals surface area contributed by atoms with Gasteiger partial charge in [-0.2, -0.15) is 0 Å². The molecule has 1 N–H and O–H groups in total. The number of nitrogens with zero attached hydrogens (tertiary/aromatic N) is 1. The minimum Gasteiger partial charge on any atom is -0.309 e. The van der Waals surface area contributed by atoms with E-state index in [1.807, 2.05) is 6.07 Å². The van der Waals surface area contributed by atoms with Gasteiger partial charge in [-0.15, -0.1) is 0 Å². The largest absolute Gasteiger partial charge is 0.309 e. The molecule has 0 radical (unpaired) electrons. The van der Waals surface area contributed by atoms with Crippen molar-refractivity contribution < 1.29 is 4.92 Å². The third-order valence-corrected chi connectivity index (χ3v) is 2.80. The molecule has 1 rings (SSSR count). The number of hydrogen-bond acceptors (Lipinski definition) is 3. The average Bonchev–Trinajstić information content (AvgIpc) is 2.30. The fraction of sp³-hybridized carbons (Fsp3) is 0.385. The predicted octanol–water partition coefficient (Wildman–Crippen LogP) is 2.96. The summed E-state index contributed by atoms with van der Waals surface area (Å²) in [5.74, 6) is 0. The summed E-state index contributed by atoms with van der Waals surface area (Å²) in [5.41, 5.74) is 3.00. The molecule has 0 unspecified atom stereocenters. The Morgan fingerprint density at radius 3 is 2.82 bits per heavy atom. The number of nitro benzene ring substituents is 1. The molecule has 0 aliphatic carbocycles. The third-order valence-electron chi connectivity index (χ3n) is 2.80. The number of benzene rings is 1. The van der Waals surface area contributed by atoms with Crippen LogP contribution in [0.4, 0.5) is 5.69 Å². The Hall–Kier alpha value is -1.68. The van der Waals surface area contributed by atoms with Crippen LogP contribution in [0.15, 0.2) is 30.4 Å². The van der Waals surface area contributed by atoms with Gasteiger partial charge in [-0.05, 0) is 18.9 Å². The first kappa shape index (κ1) is 13.4. The first-order chi connectivity index (χ1) is 8.06. The summed E-state index contributed by atoms with van der Waals surface area (Å²) in [6.07, 6.45) is 0.945. The van der Waals surface area contributed by atoms with E-state index >= 15 is 0 Å². The molecule has 17 heavy (non-hydrogen) atoms. The molecule has 0 amide bonds. The summed E-state index contributed by atoms with van der Waals surface area (Å²) < 4.78 is 0. The quantitative estimate of drug-likeness (QED) is 0.467. The normalized spacial score (nSPS) is 10.2. The van der Waals surface area contributed by atoms with E-state index in [0.29, 0.717) is 6.54 Å². The molecule has 0 spiro atoms. The Kier molecular flexibility index (Phi) is 4.84. The lowest BCUT2D eigenvalue weighted by Crippen LogP contribution is -2.16. The molecule has 0 bridgehead atoms. The van der Waals surface area contributed by atoms with Crippen molar-refractivity contribution in [3.63, 3.8) is 0 Å². The smallest absolute Gasteiger partial charge is 0.272 e. The zero-order valence-electron chi connectivity index (χ0n) is 10.3. The molecule has 4 nitrogen and oxygen atoms in total. The van der Waals surface area contributed by atoms with Crippen LogP contribution in [-0.4, -0.2) is 11.5 Å². The molecule has 0 saturated carbocycles. The van der Waals surface area contributed by atoms with E-state index in [1.165, 1.54) is 6.07 Å². The summed E-state index contributed by atoms with van der Waals surface area (Å²) in [5, 5.41) is 14.0. The zero-order valence-corrected chi connectivity index (χ0v) is 10.3. The molecule has 0 aromatic heterocycles. The lowest BCUT2D eigenvalue weighted by molar-refractivity contribution is -0.385. The zero-order chi connectivity index (χ0) is 12.8. The highest BCUT2D eigenvalue weighted by Gasteiger charge is 2.12. The SMILES string of the molecule is C=C(CC)CNCc1cccc([N+](=O)[O-])c1C. The minimum atomic E-state index is -0.343. The van der Waals surface area contributed by atoms with Gasteiger partial charge < -0.3 is 5.32 Å². The van der Waals surface area contributed by atoms with Crippen molar-refractivity contribution >= 4 is 5.69 Å². The highest BCUT2D eigenvalue weighted by Crippen LogP contribution is 2.20. The maximum absolute atomic E-state index is 10.8. The van der Waals surface area contributed by atoms with Gasteiger partial charge in [0.1, 0.15) is 0 Å². The summed E-state index contributed by atoms with van der Waals surface area (Å²) in [6.45, 7) is 9.12. The number of nitrogens with one attached hydrogen (secondary N) is 1. The van der Waals surface area contributed by atoms with Gasteiger partial charge in [0.2, 0.25) is 0 Å². The van der Waals surface area contributed by atoms with Crippen LogP contribution in [0.5, 0.6) is 0 Å². The molecular weight excluding hydrogens is 216 g/mol. The summed E-state index contributed by atoms with van der Waals surface area (Å²) in [7, 11) is 0. The predicted molar refractivity (Wildman–Crippen MR) is 69.0 cm³/mol. The fourth-order valence-corrected chi connectivity index (χ4v) is 1.56. The maximum Gasteiger partial charge on any atom is 0.272 e. The molecule has 92 valence electrons. The van der Waals surface area contributed by atoms with Gasteiger partial charge >= 0.3 is 0 Å². The third kappa shape index (κ3) is 3.67. The maximum atomic E-state index is 10.8. The molecule has 1 aromatic rings. The van der Waals surface area contributed by atoms with Crippen LogP contribution in [0.1, 0.15) is 24.5 Å². The van der Waals surface area contributed by atoms with Crippen molar-refractivity contribution in [2.24, 2.45) is 0 Å². The van der Waals surface area contributed by atoms with Gasteiger partial charge in [-0.1, -0.05) is 31.2 Å². The highest BCUT2D eigenvalue weighted by atomic mass is 16.6. The van der Waals surface area contributed by atoms with E-state index in [2.05, 4.69) is 18.8 Å². The minimum absolute atomic E-state index is 0.179. The van der Waals surface area contributed by atoms with Gasteiger partial charge in [0, 0.05) is 24.7 Å². The monoisotopic (exact) mass is 234 g/mol. The van der Waals surface area contributed by atoms with Crippen LogP contribution in [0.25, 0.3) is 0 Å². The van der Waals surface area contributed by atoms with E-state index < -0.39 is 0 Å². The highest BCUT2D eigenvalue weighted by molar-refractivity contribution is 5.44. The Morgan fingerprint density at radius 1 is 1.53 bits per heavy atom. The molecule has 1 aromatic carbocycles. The van der Waals surface area contributed by atoms with Crippen molar-refractivity contribution in [1.29, 1.82) is 0 Å². The standard InChI is InChI=1S/C13H18N2O2/c1-4-10(2)8-14-9-12-6-5-7-13(11(12)3)15(16)17/h5-7,14H,2,4,8-9H2,1,3H3. The second-order valence-corrected chi connectivity index (χ2v) is 4.03. The van der Waals surface area contributed by atoms with Crippen LogP contribution in [0.2, 0.25) is 0 Å². The number of hydrogen-bond donors (Lipinski definition) is 1. The van der Waals surface area contributed by atoms with Crippen LogP contribution in [0, 0.1) is 17.0 Å². The van der Waals surface area contributed by atoms with Gasteiger partial charge in [0.15, 0.2) is 0 Å². The van der Waals surface area contributed by atoms with Crippen molar-refractivity contribution in [3.8, 4) is 0 Å². The molecule has 0 atom stereocenters. The van der Waals surface area contributed by atoms with Crippen molar-refractivity contribution in [3.05, 3.63) is 51.6 Å². The van der Waals surface area contributed by atoms with Crippen LogP contribution >= 0.6 is 0 Å². The van der Waals surface area contributed by atoms with E-state index in [9.17, 15) is 10.1 Å². The molecule has 0 heterocycles. The van der Waals surface area contributed by atoms with Crippen LogP contribution in [-0.2, 0) is 6.54 Å². The average molecular weight is 234 g/mol. The Labute approximate surface area is 101 Å². The molecular formula is C13H18N2O2. The summed E-state index contributed by atoms with van der Waals surface area (Å²) in [6, 6.07) is 5.16. The Bertz CT molecular complexity index is 427. The van der Waals surface area contributed by atoms with E-state index in [-0.39, 0.29) is 10.6 Å². The van der Waals surface area contributed by atoms with Gasteiger partial charge in [-0.25, -0.2) is 0 Å². The molecule has 0 aliphatic heterocycles. The Balaban J connectivity index is 2.69. The van der Waals surface area contributed by atoms with Gasteiger partial charge in [0.25, 0.3) is 5.69 Å². The van der Waals surface area contributed by atoms with Crippen LogP contribution in [0.3, 0.4) is 0 Å². The van der Waals surface area contributed by atoms with E-state index in [1.54, 1.807) is 13.0 Å². The first-order valence-corrected chi connectivity index (χ1v) is 5.66. The van der Waals surface area contributed by atoms with Crippen molar-refractivity contribution in [2.75, 3.05) is 6.54 Å². The second kappa shape index (κ2) is 6.15. The first-order valence-electron chi connectivity index (χ1n) is 5.66. The van der Waals surface area contributed by atoms with E-state index in [4.69, 9.17) is 0 Å². The molecule has 0 saturated heterocycles. The number of nitro groups is 1. The van der Waals surface area contributed by atoms with Crippen molar-refractivity contribution in [1.82, 2.24) is 5.32 Å². The number of rotatable bonds is 6. The summed E-state index contributed by atoms with van der Waals surface area (Å²) >= 11 is 0. The fourth-order valence-electron chi connectivity index (χ4n) is 1.56. The molecule has 4 heteroatoms. The second-order valence-electron chi connectivity index (χ2n) is 4.03. The lowest BCUT2D eigenvalue weighted by Gasteiger charge is -2.08. The van der Waals surface area contributed by atoms with Crippen molar-refractivity contribution in [2.45, 2.75) is 26.8 Å². The topological polar surface area (TPSA) is 55.2 Å². The van der Waals surface area contributed by atoms with Gasteiger partial charge in [-0.3, -0.25) is 10.1 Å². The molecule has 0 fully saturated rings. The Morgan fingerprint density at radius 2 is 2.24 bits per heavy atom. The van der Waals surface area contributed by atoms with E-state index in [0.717, 1.165) is 29.7 Å². The summed E-state index contributed by atoms with van der Waals surface area (Å²) in [4.78, 5) is 10.4. The molecule has 0 aliphatic rings.